The molecule has 106 valence electrons. The standard InChI is InChI=1S/C12H16Cl2N2O3/c1-16(7-10(18-2)19-3)12(17)15-9-6-4-5-8(13)11(9)14/h4-6,10H,7H2,1-3H3,(H,15,17). The number of carbonyl (C=O) groups is 1. The minimum absolute atomic E-state index is 0.289. The lowest BCUT2D eigenvalue weighted by molar-refractivity contribution is -0.108. The smallest absolute Gasteiger partial charge is 0.321 e. The van der Waals surface area contributed by atoms with E-state index in [-0.39, 0.29) is 12.6 Å². The second-order valence-corrected chi connectivity index (χ2v) is 4.60. The van der Waals surface area contributed by atoms with Gasteiger partial charge in [0.2, 0.25) is 0 Å². The third kappa shape index (κ3) is 4.54. The molecule has 1 aromatic rings. The van der Waals surface area contributed by atoms with Gasteiger partial charge in [0.05, 0.1) is 22.3 Å². The maximum absolute atomic E-state index is 11.9. The Morgan fingerprint density at radius 3 is 2.58 bits per heavy atom. The molecule has 0 aliphatic heterocycles. The van der Waals surface area contributed by atoms with Gasteiger partial charge < -0.3 is 19.7 Å². The number of rotatable bonds is 5. The fourth-order valence-corrected chi connectivity index (χ4v) is 1.71. The number of hydrogen-bond acceptors (Lipinski definition) is 3. The largest absolute Gasteiger partial charge is 0.354 e. The van der Waals surface area contributed by atoms with Gasteiger partial charge >= 0.3 is 6.03 Å². The number of anilines is 1. The van der Waals surface area contributed by atoms with Crippen LogP contribution in [0.2, 0.25) is 10.0 Å². The first kappa shape index (κ1) is 16.0. The number of carbonyl (C=O) groups excluding carboxylic acids is 1. The molecule has 0 aliphatic rings. The summed E-state index contributed by atoms with van der Waals surface area (Å²) in [5, 5.41) is 3.35. The van der Waals surface area contributed by atoms with Gasteiger partial charge in [-0.25, -0.2) is 4.79 Å². The summed E-state index contributed by atoms with van der Waals surface area (Å²) in [6.45, 7) is 0.289. The Morgan fingerprint density at radius 2 is 2.00 bits per heavy atom. The lowest BCUT2D eigenvalue weighted by Gasteiger charge is -2.22. The Bertz CT molecular complexity index is 439. The number of ether oxygens (including phenoxy) is 2. The van der Waals surface area contributed by atoms with Crippen molar-refractivity contribution in [2.45, 2.75) is 6.29 Å². The van der Waals surface area contributed by atoms with Crippen LogP contribution >= 0.6 is 23.2 Å². The van der Waals surface area contributed by atoms with Gasteiger partial charge in [-0.3, -0.25) is 0 Å². The number of benzene rings is 1. The lowest BCUT2D eigenvalue weighted by atomic mass is 10.3. The molecule has 0 aliphatic carbocycles. The third-order valence-electron chi connectivity index (χ3n) is 2.49. The third-order valence-corrected chi connectivity index (χ3v) is 3.31. The molecule has 1 aromatic carbocycles. The molecule has 0 atom stereocenters. The van der Waals surface area contributed by atoms with Crippen LogP contribution in [0.4, 0.5) is 10.5 Å². The van der Waals surface area contributed by atoms with Crippen LogP contribution in [0.5, 0.6) is 0 Å². The highest BCUT2D eigenvalue weighted by Crippen LogP contribution is 2.29. The predicted octanol–water partition coefficient (Wildman–Crippen LogP) is 3.08. The first-order valence-electron chi connectivity index (χ1n) is 5.51. The molecule has 0 radical (unpaired) electrons. The van der Waals surface area contributed by atoms with Crippen LogP contribution in [0.1, 0.15) is 0 Å². The summed E-state index contributed by atoms with van der Waals surface area (Å²) in [5.74, 6) is 0. The maximum atomic E-state index is 11.9. The Labute approximate surface area is 122 Å². The summed E-state index contributed by atoms with van der Waals surface area (Å²) in [5.41, 5.74) is 0.456. The fourth-order valence-electron chi connectivity index (χ4n) is 1.36. The summed E-state index contributed by atoms with van der Waals surface area (Å²) in [7, 11) is 4.64. The molecular weight excluding hydrogens is 291 g/mol. The van der Waals surface area contributed by atoms with E-state index < -0.39 is 6.29 Å². The summed E-state index contributed by atoms with van der Waals surface area (Å²) in [6.07, 6.45) is -0.481. The summed E-state index contributed by atoms with van der Waals surface area (Å²) in [6, 6.07) is 4.69. The molecule has 1 N–H and O–H groups in total. The van der Waals surface area contributed by atoms with Gasteiger partial charge in [-0.15, -0.1) is 0 Å². The van der Waals surface area contributed by atoms with E-state index in [1.54, 1.807) is 25.2 Å². The second kappa shape index (κ2) is 7.55. The van der Waals surface area contributed by atoms with E-state index in [9.17, 15) is 4.79 Å². The van der Waals surface area contributed by atoms with E-state index in [0.717, 1.165) is 0 Å². The molecule has 0 unspecified atom stereocenters. The summed E-state index contributed by atoms with van der Waals surface area (Å²) in [4.78, 5) is 13.4. The first-order chi connectivity index (χ1) is 8.99. The number of methoxy groups -OCH3 is 2. The van der Waals surface area contributed by atoms with Crippen molar-refractivity contribution >= 4 is 34.9 Å². The molecule has 0 aromatic heterocycles. The number of amides is 2. The van der Waals surface area contributed by atoms with E-state index in [0.29, 0.717) is 15.7 Å². The minimum Gasteiger partial charge on any atom is -0.354 e. The van der Waals surface area contributed by atoms with Crippen molar-refractivity contribution in [2.75, 3.05) is 33.1 Å². The zero-order valence-electron chi connectivity index (χ0n) is 10.9. The van der Waals surface area contributed by atoms with Crippen LogP contribution in [0.25, 0.3) is 0 Å². The highest BCUT2D eigenvalue weighted by Gasteiger charge is 2.16. The first-order valence-corrected chi connectivity index (χ1v) is 6.27. The minimum atomic E-state index is -0.481. The van der Waals surface area contributed by atoms with Crippen LogP contribution in [0.3, 0.4) is 0 Å². The zero-order valence-corrected chi connectivity index (χ0v) is 12.5. The number of halogens is 2. The average Bonchev–Trinajstić information content (AvgIpc) is 2.40. The molecule has 0 bridgehead atoms. The molecule has 19 heavy (non-hydrogen) atoms. The van der Waals surface area contributed by atoms with Crippen LogP contribution < -0.4 is 5.32 Å². The molecule has 0 fully saturated rings. The number of urea groups is 1. The average molecular weight is 307 g/mol. The van der Waals surface area contributed by atoms with E-state index in [2.05, 4.69) is 5.32 Å². The van der Waals surface area contributed by atoms with E-state index >= 15 is 0 Å². The van der Waals surface area contributed by atoms with Crippen LogP contribution in [0.15, 0.2) is 18.2 Å². The van der Waals surface area contributed by atoms with Gasteiger partial charge in [-0.1, -0.05) is 29.3 Å². The number of hydrogen-bond donors (Lipinski definition) is 1. The molecule has 0 saturated carbocycles. The van der Waals surface area contributed by atoms with Gasteiger partial charge in [-0.05, 0) is 12.1 Å². The Kier molecular flexibility index (Phi) is 6.37. The number of nitrogens with one attached hydrogen (secondary N) is 1. The highest BCUT2D eigenvalue weighted by molar-refractivity contribution is 6.43. The SMILES string of the molecule is COC(CN(C)C(=O)Nc1cccc(Cl)c1Cl)OC. The van der Waals surface area contributed by atoms with Crippen molar-refractivity contribution in [1.82, 2.24) is 4.90 Å². The monoisotopic (exact) mass is 306 g/mol. The van der Waals surface area contributed by atoms with Crippen molar-refractivity contribution in [2.24, 2.45) is 0 Å². The highest BCUT2D eigenvalue weighted by atomic mass is 35.5. The quantitative estimate of drug-likeness (QED) is 0.851. The Hall–Kier alpha value is -1.01. The Balaban J connectivity index is 2.66. The second-order valence-electron chi connectivity index (χ2n) is 3.81. The van der Waals surface area contributed by atoms with Crippen LogP contribution in [-0.2, 0) is 9.47 Å². The fraction of sp³-hybridized carbons (Fsp3) is 0.417. The van der Waals surface area contributed by atoms with Crippen molar-refractivity contribution in [3.63, 3.8) is 0 Å². The maximum Gasteiger partial charge on any atom is 0.321 e. The van der Waals surface area contributed by atoms with E-state index in [1.165, 1.54) is 19.1 Å². The van der Waals surface area contributed by atoms with Crippen LogP contribution in [-0.4, -0.2) is 45.0 Å². The van der Waals surface area contributed by atoms with Gasteiger partial charge in [0, 0.05) is 21.3 Å². The Morgan fingerprint density at radius 1 is 1.37 bits per heavy atom. The van der Waals surface area contributed by atoms with Gasteiger partial charge in [0.25, 0.3) is 0 Å². The van der Waals surface area contributed by atoms with Crippen molar-refractivity contribution < 1.29 is 14.3 Å². The van der Waals surface area contributed by atoms with E-state index in [4.69, 9.17) is 32.7 Å². The van der Waals surface area contributed by atoms with Gasteiger partial charge in [-0.2, -0.15) is 0 Å². The molecule has 0 heterocycles. The molecule has 1 rings (SSSR count). The summed E-state index contributed by atoms with van der Waals surface area (Å²) < 4.78 is 10.0. The summed E-state index contributed by atoms with van der Waals surface area (Å²) >= 11 is 11.9. The van der Waals surface area contributed by atoms with Gasteiger partial charge in [0.15, 0.2) is 6.29 Å². The van der Waals surface area contributed by atoms with E-state index in [1.807, 2.05) is 0 Å². The lowest BCUT2D eigenvalue weighted by Crippen LogP contribution is -2.38. The molecule has 0 saturated heterocycles. The zero-order chi connectivity index (χ0) is 14.4. The molecule has 2 amide bonds. The normalized spacial score (nSPS) is 10.6. The van der Waals surface area contributed by atoms with Crippen molar-refractivity contribution in [3.05, 3.63) is 28.2 Å². The topological polar surface area (TPSA) is 50.8 Å². The van der Waals surface area contributed by atoms with Crippen molar-refractivity contribution in [3.8, 4) is 0 Å². The number of nitrogens with zero attached hydrogens (tertiary/aromatic N) is 1. The number of likely N-dealkylation sites (N-methyl/N-ethyl adjacent to an activating group) is 1. The van der Waals surface area contributed by atoms with Crippen molar-refractivity contribution in [1.29, 1.82) is 0 Å². The molecule has 7 heteroatoms. The molecular formula is C12H16Cl2N2O3. The van der Waals surface area contributed by atoms with Gasteiger partial charge in [0.1, 0.15) is 0 Å². The molecule has 5 nitrogen and oxygen atoms in total. The predicted molar refractivity (Wildman–Crippen MR) is 75.9 cm³/mol. The molecule has 0 spiro atoms. The van der Waals surface area contributed by atoms with Crippen LogP contribution in [0, 0.1) is 0 Å².